The Morgan fingerprint density at radius 3 is 2.75 bits per heavy atom. The fourth-order valence-corrected chi connectivity index (χ4v) is 3.22. The van der Waals surface area contributed by atoms with Gasteiger partial charge >= 0.3 is 6.18 Å². The highest BCUT2D eigenvalue weighted by molar-refractivity contribution is 6.31. The molecule has 0 saturated carbocycles. The molecule has 1 aliphatic rings. The molecule has 2 aromatic carbocycles. The Balaban J connectivity index is 1.56. The quantitative estimate of drug-likeness (QED) is 0.743. The molecule has 1 amide bonds. The zero-order valence-corrected chi connectivity index (χ0v) is 15.7. The van der Waals surface area contributed by atoms with E-state index in [9.17, 15) is 18.0 Å². The van der Waals surface area contributed by atoms with Crippen molar-refractivity contribution in [2.75, 3.05) is 6.54 Å². The van der Waals surface area contributed by atoms with Gasteiger partial charge in [0.15, 0.2) is 0 Å². The first-order valence-electron chi connectivity index (χ1n) is 8.91. The minimum absolute atomic E-state index is 0.0102. The van der Waals surface area contributed by atoms with E-state index in [1.807, 2.05) is 0 Å². The third-order valence-electron chi connectivity index (χ3n) is 4.51. The number of alkyl halides is 3. The molecule has 28 heavy (non-hydrogen) atoms. The lowest BCUT2D eigenvalue weighted by molar-refractivity contribution is -0.137. The number of hydrogen-bond donors (Lipinski definition) is 2. The van der Waals surface area contributed by atoms with Gasteiger partial charge in [-0.25, -0.2) is 0 Å². The number of halogens is 4. The third kappa shape index (κ3) is 5.39. The van der Waals surface area contributed by atoms with Gasteiger partial charge in [-0.1, -0.05) is 29.8 Å². The highest BCUT2D eigenvalue weighted by Gasteiger charge is 2.30. The van der Waals surface area contributed by atoms with Gasteiger partial charge in [-0.2, -0.15) is 13.2 Å². The first kappa shape index (κ1) is 20.5. The van der Waals surface area contributed by atoms with Crippen molar-refractivity contribution in [3.8, 4) is 5.75 Å². The lowest BCUT2D eigenvalue weighted by atomic mass is 10.1. The molecule has 1 saturated heterocycles. The van der Waals surface area contributed by atoms with Crippen molar-refractivity contribution in [3.05, 3.63) is 64.2 Å². The Labute approximate surface area is 166 Å². The van der Waals surface area contributed by atoms with Gasteiger partial charge in [0.2, 0.25) is 5.91 Å². The van der Waals surface area contributed by atoms with E-state index in [0.29, 0.717) is 22.9 Å². The number of carbonyl (C=O) groups excluding carboxylic acids is 1. The van der Waals surface area contributed by atoms with E-state index >= 15 is 0 Å². The summed E-state index contributed by atoms with van der Waals surface area (Å²) in [5, 5.41) is 6.39. The zero-order chi connectivity index (χ0) is 20.1. The van der Waals surface area contributed by atoms with Gasteiger partial charge in [-0.3, -0.25) is 4.79 Å². The standard InChI is InChI=1S/C20H20ClF3N2O2/c21-17-10-16(28-12-13-3-1-4-15(9-13)20(22,23)24)7-6-14(17)11-26-19(27)18-5-2-8-25-18/h1,3-4,6-7,9-10,18,25H,2,5,8,11-12H2,(H,26,27). The largest absolute Gasteiger partial charge is 0.489 e. The lowest BCUT2D eigenvalue weighted by Gasteiger charge is -2.13. The van der Waals surface area contributed by atoms with Crippen LogP contribution >= 0.6 is 11.6 Å². The van der Waals surface area contributed by atoms with Gasteiger partial charge in [0.1, 0.15) is 12.4 Å². The van der Waals surface area contributed by atoms with Crippen LogP contribution in [0.5, 0.6) is 5.75 Å². The number of ether oxygens (including phenoxy) is 1. The van der Waals surface area contributed by atoms with Crippen molar-refractivity contribution in [1.82, 2.24) is 10.6 Å². The maximum absolute atomic E-state index is 12.8. The SMILES string of the molecule is O=C(NCc1ccc(OCc2cccc(C(F)(F)F)c2)cc1Cl)C1CCCN1. The third-order valence-corrected chi connectivity index (χ3v) is 4.87. The summed E-state index contributed by atoms with van der Waals surface area (Å²) in [6.07, 6.45) is -2.59. The van der Waals surface area contributed by atoms with Gasteiger partial charge in [0, 0.05) is 11.6 Å². The number of carbonyl (C=O) groups is 1. The van der Waals surface area contributed by atoms with E-state index < -0.39 is 11.7 Å². The summed E-state index contributed by atoms with van der Waals surface area (Å²) in [5.74, 6) is 0.383. The Morgan fingerprint density at radius 2 is 2.07 bits per heavy atom. The van der Waals surface area contributed by atoms with Crippen LogP contribution in [0.2, 0.25) is 5.02 Å². The molecular formula is C20H20ClF3N2O2. The molecule has 8 heteroatoms. The summed E-state index contributed by atoms with van der Waals surface area (Å²) in [6.45, 7) is 1.13. The molecule has 0 aromatic heterocycles. The molecule has 1 atom stereocenters. The van der Waals surface area contributed by atoms with Crippen molar-refractivity contribution in [3.63, 3.8) is 0 Å². The van der Waals surface area contributed by atoms with Gasteiger partial charge in [-0.15, -0.1) is 0 Å². The molecule has 0 radical (unpaired) electrons. The molecule has 150 valence electrons. The first-order chi connectivity index (χ1) is 13.3. The van der Waals surface area contributed by atoms with E-state index in [-0.39, 0.29) is 18.6 Å². The van der Waals surface area contributed by atoms with E-state index in [0.717, 1.165) is 37.1 Å². The predicted octanol–water partition coefficient (Wildman–Crippen LogP) is 4.31. The van der Waals surface area contributed by atoms with E-state index in [1.165, 1.54) is 6.07 Å². The van der Waals surface area contributed by atoms with Crippen molar-refractivity contribution in [1.29, 1.82) is 0 Å². The number of amides is 1. The molecular weight excluding hydrogens is 393 g/mol. The monoisotopic (exact) mass is 412 g/mol. The van der Waals surface area contributed by atoms with Crippen molar-refractivity contribution in [2.24, 2.45) is 0 Å². The van der Waals surface area contributed by atoms with Crippen LogP contribution in [0, 0.1) is 0 Å². The normalized spacial score (nSPS) is 16.8. The van der Waals surface area contributed by atoms with Crippen LogP contribution in [0.15, 0.2) is 42.5 Å². The van der Waals surface area contributed by atoms with Gasteiger partial charge in [0.05, 0.1) is 11.6 Å². The van der Waals surface area contributed by atoms with Crippen LogP contribution in [0.25, 0.3) is 0 Å². The van der Waals surface area contributed by atoms with Crippen LogP contribution in [0.1, 0.15) is 29.5 Å². The molecule has 0 bridgehead atoms. The van der Waals surface area contributed by atoms with Crippen LogP contribution in [0.3, 0.4) is 0 Å². The van der Waals surface area contributed by atoms with Gasteiger partial charge < -0.3 is 15.4 Å². The number of benzene rings is 2. The van der Waals surface area contributed by atoms with E-state index in [2.05, 4.69) is 10.6 Å². The molecule has 1 fully saturated rings. The average Bonchev–Trinajstić information content (AvgIpc) is 3.20. The van der Waals surface area contributed by atoms with Gasteiger partial charge in [0.25, 0.3) is 0 Å². The summed E-state index contributed by atoms with van der Waals surface area (Å²) in [5.41, 5.74) is 0.431. The molecule has 3 rings (SSSR count). The fourth-order valence-electron chi connectivity index (χ4n) is 2.98. The van der Waals surface area contributed by atoms with Gasteiger partial charge in [-0.05, 0) is 54.8 Å². The highest BCUT2D eigenvalue weighted by Crippen LogP contribution is 2.30. The van der Waals surface area contributed by atoms with Crippen LogP contribution < -0.4 is 15.4 Å². The van der Waals surface area contributed by atoms with Crippen LogP contribution in [-0.4, -0.2) is 18.5 Å². The molecule has 4 nitrogen and oxygen atoms in total. The lowest BCUT2D eigenvalue weighted by Crippen LogP contribution is -2.40. The first-order valence-corrected chi connectivity index (χ1v) is 9.29. The van der Waals surface area contributed by atoms with Crippen LogP contribution in [-0.2, 0) is 24.1 Å². The molecule has 0 spiro atoms. The topological polar surface area (TPSA) is 50.4 Å². The van der Waals surface area contributed by atoms with Crippen molar-refractivity contribution >= 4 is 17.5 Å². The summed E-state index contributed by atoms with van der Waals surface area (Å²) in [4.78, 5) is 12.0. The second-order valence-corrected chi connectivity index (χ2v) is 7.01. The minimum Gasteiger partial charge on any atom is -0.489 e. The predicted molar refractivity (Wildman–Crippen MR) is 100 cm³/mol. The Kier molecular flexibility index (Phi) is 6.46. The maximum Gasteiger partial charge on any atom is 0.416 e. The summed E-state index contributed by atoms with van der Waals surface area (Å²) < 4.78 is 43.8. The molecule has 0 aliphatic carbocycles. The smallest absolute Gasteiger partial charge is 0.416 e. The van der Waals surface area contributed by atoms with E-state index in [1.54, 1.807) is 24.3 Å². The van der Waals surface area contributed by atoms with Crippen molar-refractivity contribution in [2.45, 2.75) is 38.2 Å². The Hall–Kier alpha value is -2.25. The molecule has 1 unspecified atom stereocenters. The molecule has 2 N–H and O–H groups in total. The number of rotatable bonds is 6. The summed E-state index contributed by atoms with van der Waals surface area (Å²) in [7, 11) is 0. The second kappa shape index (κ2) is 8.84. The average molecular weight is 413 g/mol. The molecule has 1 heterocycles. The maximum atomic E-state index is 12.8. The highest BCUT2D eigenvalue weighted by atomic mass is 35.5. The van der Waals surface area contributed by atoms with Crippen molar-refractivity contribution < 1.29 is 22.7 Å². The summed E-state index contributed by atoms with van der Waals surface area (Å²) in [6, 6.07) is 9.82. The van der Waals surface area contributed by atoms with Crippen LogP contribution in [0.4, 0.5) is 13.2 Å². The second-order valence-electron chi connectivity index (χ2n) is 6.61. The molecule has 2 aromatic rings. The Morgan fingerprint density at radius 1 is 1.25 bits per heavy atom. The summed E-state index contributed by atoms with van der Waals surface area (Å²) >= 11 is 6.24. The number of hydrogen-bond acceptors (Lipinski definition) is 3. The number of nitrogens with one attached hydrogen (secondary N) is 2. The zero-order valence-electron chi connectivity index (χ0n) is 15.0. The fraction of sp³-hybridized carbons (Fsp3) is 0.350. The molecule has 1 aliphatic heterocycles. The Bertz CT molecular complexity index is 836. The minimum atomic E-state index is -4.39. The van der Waals surface area contributed by atoms with E-state index in [4.69, 9.17) is 16.3 Å².